The minimum absolute atomic E-state index is 0.889. The van der Waals surface area contributed by atoms with E-state index in [4.69, 9.17) is 0 Å². The molecule has 0 radical (unpaired) electrons. The first-order valence-corrected chi connectivity index (χ1v) is 7.23. The summed E-state index contributed by atoms with van der Waals surface area (Å²) in [5.41, 5.74) is 2.58. The van der Waals surface area contributed by atoms with Gasteiger partial charge in [0, 0.05) is 32.4 Å². The predicted molar refractivity (Wildman–Crippen MR) is 82.6 cm³/mol. The maximum Gasteiger partial charge on any atom is 0.0951 e. The maximum absolute atomic E-state index is 4.31. The van der Waals surface area contributed by atoms with Crippen molar-refractivity contribution in [1.29, 1.82) is 0 Å². The van der Waals surface area contributed by atoms with E-state index in [2.05, 4.69) is 57.0 Å². The smallest absolute Gasteiger partial charge is 0.0951 e. The zero-order chi connectivity index (χ0) is 14.2. The van der Waals surface area contributed by atoms with Crippen molar-refractivity contribution < 1.29 is 0 Å². The van der Waals surface area contributed by atoms with Gasteiger partial charge in [0.15, 0.2) is 0 Å². The lowest BCUT2D eigenvalue weighted by Crippen LogP contribution is -2.31. The standard InChI is InChI=1S/C16H24N4/c1-3-19(10-9-17-2)13-16-11-18-14-20(16)12-15-7-5-4-6-8-15/h4-8,11,14,17H,3,9-10,12-13H2,1-2H3. The molecular weight excluding hydrogens is 248 g/mol. The van der Waals surface area contributed by atoms with Crippen LogP contribution in [0.15, 0.2) is 42.9 Å². The lowest BCUT2D eigenvalue weighted by atomic mass is 10.2. The fourth-order valence-corrected chi connectivity index (χ4v) is 2.25. The lowest BCUT2D eigenvalue weighted by molar-refractivity contribution is 0.275. The zero-order valence-electron chi connectivity index (χ0n) is 12.4. The number of nitrogens with zero attached hydrogens (tertiary/aromatic N) is 3. The highest BCUT2D eigenvalue weighted by atomic mass is 15.2. The van der Waals surface area contributed by atoms with Crippen molar-refractivity contribution in [3.8, 4) is 0 Å². The number of benzene rings is 1. The molecule has 0 bridgehead atoms. The van der Waals surface area contributed by atoms with Crippen molar-refractivity contribution >= 4 is 0 Å². The Morgan fingerprint density at radius 2 is 2.05 bits per heavy atom. The van der Waals surface area contributed by atoms with Gasteiger partial charge < -0.3 is 9.88 Å². The number of likely N-dealkylation sites (N-methyl/N-ethyl adjacent to an activating group) is 2. The summed E-state index contributed by atoms with van der Waals surface area (Å²) in [5.74, 6) is 0. The van der Waals surface area contributed by atoms with Gasteiger partial charge in [0.05, 0.1) is 12.0 Å². The predicted octanol–water partition coefficient (Wildman–Crippen LogP) is 1.97. The zero-order valence-corrected chi connectivity index (χ0v) is 12.4. The summed E-state index contributed by atoms with van der Waals surface area (Å²) in [6, 6.07) is 10.5. The number of nitrogens with one attached hydrogen (secondary N) is 1. The van der Waals surface area contributed by atoms with Crippen molar-refractivity contribution in [1.82, 2.24) is 19.8 Å². The number of hydrogen-bond acceptors (Lipinski definition) is 3. The monoisotopic (exact) mass is 272 g/mol. The molecule has 0 aliphatic heterocycles. The van der Waals surface area contributed by atoms with E-state index < -0.39 is 0 Å². The molecule has 0 spiro atoms. The van der Waals surface area contributed by atoms with Gasteiger partial charge in [-0.2, -0.15) is 0 Å². The molecule has 0 saturated carbocycles. The molecule has 0 atom stereocenters. The second-order valence-corrected chi connectivity index (χ2v) is 4.97. The van der Waals surface area contributed by atoms with E-state index in [-0.39, 0.29) is 0 Å². The fraction of sp³-hybridized carbons (Fsp3) is 0.438. The van der Waals surface area contributed by atoms with E-state index in [1.54, 1.807) is 0 Å². The van der Waals surface area contributed by atoms with E-state index in [1.807, 2.05) is 19.6 Å². The van der Waals surface area contributed by atoms with Crippen molar-refractivity contribution in [3.63, 3.8) is 0 Å². The summed E-state index contributed by atoms with van der Waals surface area (Å²) >= 11 is 0. The van der Waals surface area contributed by atoms with Crippen molar-refractivity contribution in [3.05, 3.63) is 54.1 Å². The van der Waals surface area contributed by atoms with E-state index in [1.165, 1.54) is 11.3 Å². The molecule has 0 aliphatic carbocycles. The third-order valence-electron chi connectivity index (χ3n) is 3.51. The third-order valence-corrected chi connectivity index (χ3v) is 3.51. The van der Waals surface area contributed by atoms with Crippen LogP contribution >= 0.6 is 0 Å². The molecule has 0 saturated heterocycles. The van der Waals surface area contributed by atoms with Crippen molar-refractivity contribution in [2.45, 2.75) is 20.0 Å². The number of rotatable bonds is 8. The lowest BCUT2D eigenvalue weighted by Gasteiger charge is -2.20. The Kier molecular flexibility index (Phi) is 5.77. The molecule has 0 aliphatic rings. The van der Waals surface area contributed by atoms with Gasteiger partial charge in [0.2, 0.25) is 0 Å². The SMILES string of the molecule is CCN(CCNC)Cc1cncn1Cc1ccccc1. The van der Waals surface area contributed by atoms with Crippen LogP contribution in [0.25, 0.3) is 0 Å². The fourth-order valence-electron chi connectivity index (χ4n) is 2.25. The van der Waals surface area contributed by atoms with Gasteiger partial charge in [0.1, 0.15) is 0 Å². The normalized spacial score (nSPS) is 11.2. The van der Waals surface area contributed by atoms with E-state index in [9.17, 15) is 0 Å². The van der Waals surface area contributed by atoms with Crippen LogP contribution in [0.5, 0.6) is 0 Å². The van der Waals surface area contributed by atoms with E-state index in [0.717, 1.165) is 32.7 Å². The molecule has 0 fully saturated rings. The Labute approximate surface area is 121 Å². The summed E-state index contributed by atoms with van der Waals surface area (Å²) in [7, 11) is 1.99. The van der Waals surface area contributed by atoms with Gasteiger partial charge in [-0.05, 0) is 19.2 Å². The second kappa shape index (κ2) is 7.82. The Bertz CT molecular complexity index is 492. The van der Waals surface area contributed by atoms with E-state index >= 15 is 0 Å². The molecular formula is C16H24N4. The molecule has 0 amide bonds. The average molecular weight is 272 g/mol. The summed E-state index contributed by atoms with van der Waals surface area (Å²) in [5, 5.41) is 3.20. The van der Waals surface area contributed by atoms with Gasteiger partial charge in [0.25, 0.3) is 0 Å². The highest BCUT2D eigenvalue weighted by Gasteiger charge is 2.08. The highest BCUT2D eigenvalue weighted by Crippen LogP contribution is 2.08. The molecule has 20 heavy (non-hydrogen) atoms. The maximum atomic E-state index is 4.31. The Morgan fingerprint density at radius 3 is 2.75 bits per heavy atom. The molecule has 1 heterocycles. The molecule has 1 aromatic heterocycles. The van der Waals surface area contributed by atoms with Crippen LogP contribution < -0.4 is 5.32 Å². The van der Waals surface area contributed by atoms with Crippen LogP contribution in [0.3, 0.4) is 0 Å². The Hall–Kier alpha value is -1.65. The van der Waals surface area contributed by atoms with Crippen LogP contribution in [0.4, 0.5) is 0 Å². The molecule has 1 N–H and O–H groups in total. The third kappa shape index (κ3) is 4.18. The average Bonchev–Trinajstić information content (AvgIpc) is 2.91. The summed E-state index contributed by atoms with van der Waals surface area (Å²) in [4.78, 5) is 6.73. The molecule has 4 nitrogen and oxygen atoms in total. The molecule has 2 aromatic rings. The van der Waals surface area contributed by atoms with Crippen LogP contribution in [0.1, 0.15) is 18.2 Å². The summed E-state index contributed by atoms with van der Waals surface area (Å²) in [6.07, 6.45) is 3.90. The number of imidazole rings is 1. The molecule has 0 unspecified atom stereocenters. The Balaban J connectivity index is 2.00. The number of aromatic nitrogens is 2. The van der Waals surface area contributed by atoms with Crippen molar-refractivity contribution in [2.24, 2.45) is 0 Å². The van der Waals surface area contributed by atoms with Crippen LogP contribution in [0, 0.1) is 0 Å². The van der Waals surface area contributed by atoms with Gasteiger partial charge in [-0.3, -0.25) is 4.90 Å². The topological polar surface area (TPSA) is 33.1 Å². The minimum Gasteiger partial charge on any atom is -0.329 e. The first kappa shape index (κ1) is 14.8. The minimum atomic E-state index is 0.889. The first-order chi connectivity index (χ1) is 9.83. The van der Waals surface area contributed by atoms with Gasteiger partial charge >= 0.3 is 0 Å². The largest absolute Gasteiger partial charge is 0.329 e. The van der Waals surface area contributed by atoms with Gasteiger partial charge in [-0.1, -0.05) is 37.3 Å². The van der Waals surface area contributed by atoms with Crippen LogP contribution in [-0.2, 0) is 13.1 Å². The van der Waals surface area contributed by atoms with E-state index in [0.29, 0.717) is 0 Å². The highest BCUT2D eigenvalue weighted by molar-refractivity contribution is 5.16. The summed E-state index contributed by atoms with van der Waals surface area (Å²) < 4.78 is 2.23. The Morgan fingerprint density at radius 1 is 1.25 bits per heavy atom. The van der Waals surface area contributed by atoms with Gasteiger partial charge in [-0.25, -0.2) is 4.98 Å². The van der Waals surface area contributed by atoms with Gasteiger partial charge in [-0.15, -0.1) is 0 Å². The molecule has 4 heteroatoms. The molecule has 1 aromatic carbocycles. The molecule has 108 valence electrons. The number of hydrogen-bond donors (Lipinski definition) is 1. The quantitative estimate of drug-likeness (QED) is 0.797. The van der Waals surface area contributed by atoms with Crippen molar-refractivity contribution in [2.75, 3.05) is 26.7 Å². The first-order valence-electron chi connectivity index (χ1n) is 7.23. The molecule has 2 rings (SSSR count). The second-order valence-electron chi connectivity index (χ2n) is 4.97. The van der Waals surface area contributed by atoms with Crippen LogP contribution in [0.2, 0.25) is 0 Å². The summed E-state index contributed by atoms with van der Waals surface area (Å²) in [6.45, 7) is 7.17. The van der Waals surface area contributed by atoms with Crippen LogP contribution in [-0.4, -0.2) is 41.1 Å².